The van der Waals surface area contributed by atoms with E-state index in [1.165, 1.54) is 0 Å². The maximum Gasteiger partial charge on any atom is 0.157 e. The zero-order valence-corrected chi connectivity index (χ0v) is 11.1. The number of hydrogen-bond donors (Lipinski definition) is 1. The van der Waals surface area contributed by atoms with Crippen LogP contribution in [0.5, 0.6) is 0 Å². The quantitative estimate of drug-likeness (QED) is 0.278. The van der Waals surface area contributed by atoms with Crippen LogP contribution < -0.4 is 5.32 Å². The highest BCUT2D eigenvalue weighted by atomic mass is 32.2. The molecule has 1 aliphatic rings. The molecule has 17 heavy (non-hydrogen) atoms. The van der Waals surface area contributed by atoms with Gasteiger partial charge in [-0.1, -0.05) is 11.2 Å². The Morgan fingerprint density at radius 3 is 3.06 bits per heavy atom. The van der Waals surface area contributed by atoms with Gasteiger partial charge in [-0.05, 0) is 32.5 Å². The second kappa shape index (κ2) is 6.97. The molecule has 0 saturated carbocycles. The van der Waals surface area contributed by atoms with Crippen molar-refractivity contribution in [1.29, 1.82) is 5.26 Å². The van der Waals surface area contributed by atoms with Crippen LogP contribution in [0.15, 0.2) is 26.4 Å². The van der Waals surface area contributed by atoms with Crippen LogP contribution in [0.3, 0.4) is 0 Å². The molecule has 0 amide bonds. The topological polar surface area (TPSA) is 72.9 Å². The highest BCUT2D eigenvalue weighted by Gasteiger charge is 2.19. The molecule has 0 aromatic carbocycles. The molecule has 0 aromatic heterocycles. The van der Waals surface area contributed by atoms with Crippen molar-refractivity contribution in [3.8, 4) is 5.40 Å². The predicted molar refractivity (Wildman–Crippen MR) is 74.1 cm³/mol. The lowest BCUT2D eigenvalue weighted by molar-refractivity contribution is 0.783. The average Bonchev–Trinajstić information content (AvgIpc) is 2.82. The number of nitrogens with one attached hydrogen (secondary N) is 1. The van der Waals surface area contributed by atoms with Gasteiger partial charge in [0.2, 0.25) is 0 Å². The molecule has 0 spiro atoms. The number of thiocarbonyl (C=S) groups is 1. The summed E-state index contributed by atoms with van der Waals surface area (Å²) in [6, 6.07) is 0.118. The molecule has 5 nitrogen and oxygen atoms in total. The number of isothiocyanates is 1. The summed E-state index contributed by atoms with van der Waals surface area (Å²) in [7, 11) is 0. The molecule has 0 aromatic rings. The first-order valence-electron chi connectivity index (χ1n) is 4.87. The van der Waals surface area contributed by atoms with Crippen LogP contribution >= 0.6 is 24.2 Å². The average molecular weight is 265 g/mol. The van der Waals surface area contributed by atoms with E-state index in [2.05, 4.69) is 37.3 Å². The second-order valence-corrected chi connectivity index (χ2v) is 4.07. The van der Waals surface area contributed by atoms with E-state index in [0.29, 0.717) is 0 Å². The number of nitriles is 1. The molecule has 1 aliphatic heterocycles. The largest absolute Gasteiger partial charge is 0.375 e. The van der Waals surface area contributed by atoms with Crippen LogP contribution in [-0.4, -0.2) is 22.6 Å². The van der Waals surface area contributed by atoms with Crippen molar-refractivity contribution in [1.82, 2.24) is 5.32 Å². The smallest absolute Gasteiger partial charge is 0.157 e. The highest BCUT2D eigenvalue weighted by molar-refractivity contribution is 8.02. The molecule has 1 atom stereocenters. The summed E-state index contributed by atoms with van der Waals surface area (Å²) in [6.07, 6.45) is 2.85. The monoisotopic (exact) mass is 265 g/mol. The number of thiocyanates is 1. The molecule has 1 N–H and O–H groups in total. The standard InChI is InChI=1S/C10H11N5S2/c1-7(14-12-6-16)9-3-4-10(13-9)8(2)15-17-5-11/h3,10,13H,4H2,1-2H3/b14-7+,15-8+. The summed E-state index contributed by atoms with van der Waals surface area (Å²) >= 11 is 5.33. The van der Waals surface area contributed by atoms with Gasteiger partial charge in [0.1, 0.15) is 0 Å². The zero-order valence-electron chi connectivity index (χ0n) is 9.47. The summed E-state index contributed by atoms with van der Waals surface area (Å²) in [5, 5.41) is 23.2. The van der Waals surface area contributed by atoms with Gasteiger partial charge in [-0.3, -0.25) is 0 Å². The molecule has 0 bridgehead atoms. The number of hydrogen-bond acceptors (Lipinski definition) is 7. The first-order chi connectivity index (χ1) is 8.19. The molecule has 88 valence electrons. The Morgan fingerprint density at radius 2 is 2.41 bits per heavy atom. The molecule has 0 saturated heterocycles. The fraction of sp³-hybridized carbons (Fsp3) is 0.400. The van der Waals surface area contributed by atoms with Crippen LogP contribution in [0.2, 0.25) is 0 Å². The summed E-state index contributed by atoms with van der Waals surface area (Å²) in [4.78, 5) is 0. The Hall–Kier alpha value is -1.48. The maximum absolute atomic E-state index is 8.42. The molecule has 0 aliphatic carbocycles. The van der Waals surface area contributed by atoms with Crippen LogP contribution in [0.4, 0.5) is 0 Å². The van der Waals surface area contributed by atoms with Crippen molar-refractivity contribution in [2.75, 3.05) is 0 Å². The highest BCUT2D eigenvalue weighted by Crippen LogP contribution is 2.14. The van der Waals surface area contributed by atoms with Crippen LogP contribution in [0.25, 0.3) is 0 Å². The zero-order chi connectivity index (χ0) is 12.7. The van der Waals surface area contributed by atoms with Crippen molar-refractivity contribution in [3.05, 3.63) is 11.8 Å². The summed E-state index contributed by atoms with van der Waals surface area (Å²) in [5.41, 5.74) is 2.56. The van der Waals surface area contributed by atoms with Crippen molar-refractivity contribution in [2.45, 2.75) is 26.3 Å². The molecule has 0 fully saturated rings. The SMILES string of the molecule is C/C(=N\N=C=S)C1=CCC(/C(C)=N/SC#N)N1. The van der Waals surface area contributed by atoms with Crippen LogP contribution in [0, 0.1) is 10.7 Å². The third kappa shape index (κ3) is 4.11. The van der Waals surface area contributed by atoms with E-state index in [0.717, 1.165) is 35.5 Å². The first kappa shape index (κ1) is 13.6. The second-order valence-electron chi connectivity index (χ2n) is 3.34. The fourth-order valence-corrected chi connectivity index (χ4v) is 1.73. The van der Waals surface area contributed by atoms with Gasteiger partial charge >= 0.3 is 0 Å². The molecule has 1 rings (SSSR count). The van der Waals surface area contributed by atoms with Crippen molar-refractivity contribution < 1.29 is 0 Å². The summed E-state index contributed by atoms with van der Waals surface area (Å²) in [6.45, 7) is 3.73. The molecular weight excluding hydrogens is 254 g/mol. The van der Waals surface area contributed by atoms with Gasteiger partial charge in [-0.25, -0.2) is 4.40 Å². The van der Waals surface area contributed by atoms with Crippen molar-refractivity contribution in [2.24, 2.45) is 14.6 Å². The number of allylic oxidation sites excluding steroid dienone is 1. The Kier molecular flexibility index (Phi) is 5.57. The van der Waals surface area contributed by atoms with E-state index in [1.807, 2.05) is 25.3 Å². The van der Waals surface area contributed by atoms with E-state index in [4.69, 9.17) is 5.26 Å². The summed E-state index contributed by atoms with van der Waals surface area (Å²) in [5.74, 6) is 0. The van der Waals surface area contributed by atoms with E-state index in [9.17, 15) is 0 Å². The minimum atomic E-state index is 0.118. The molecule has 1 heterocycles. The molecule has 1 unspecified atom stereocenters. The Bertz CT molecular complexity index is 466. The fourth-order valence-electron chi connectivity index (χ4n) is 1.37. The van der Waals surface area contributed by atoms with Gasteiger partial charge < -0.3 is 5.32 Å². The van der Waals surface area contributed by atoms with Crippen molar-refractivity contribution >= 4 is 40.8 Å². The normalized spacial score (nSPS) is 20.1. The van der Waals surface area contributed by atoms with Gasteiger partial charge in [-0.15, -0.1) is 5.10 Å². The van der Waals surface area contributed by atoms with E-state index < -0.39 is 0 Å². The molecule has 0 radical (unpaired) electrons. The minimum Gasteiger partial charge on any atom is -0.375 e. The lowest BCUT2D eigenvalue weighted by atomic mass is 10.2. The van der Waals surface area contributed by atoms with E-state index in [1.54, 1.807) is 0 Å². The summed E-state index contributed by atoms with van der Waals surface area (Å²) < 4.78 is 4.06. The first-order valence-corrected chi connectivity index (χ1v) is 6.05. The predicted octanol–water partition coefficient (Wildman–Crippen LogP) is 2.30. The lowest BCUT2D eigenvalue weighted by Gasteiger charge is -2.12. The molecule has 7 heteroatoms. The lowest BCUT2D eigenvalue weighted by Crippen LogP contribution is -2.31. The van der Waals surface area contributed by atoms with Gasteiger partial charge in [-0.2, -0.15) is 5.26 Å². The third-order valence-corrected chi connectivity index (χ3v) is 2.80. The Balaban J connectivity index is 2.63. The number of rotatable bonds is 4. The Labute approximate surface area is 110 Å². The minimum absolute atomic E-state index is 0.118. The van der Waals surface area contributed by atoms with Gasteiger partial charge in [0.25, 0.3) is 0 Å². The third-order valence-electron chi connectivity index (χ3n) is 2.25. The van der Waals surface area contributed by atoms with Gasteiger partial charge in [0, 0.05) is 5.71 Å². The molecular formula is C10H11N5S2. The van der Waals surface area contributed by atoms with Crippen LogP contribution in [0.1, 0.15) is 20.3 Å². The number of nitrogens with zero attached hydrogens (tertiary/aromatic N) is 4. The van der Waals surface area contributed by atoms with E-state index in [-0.39, 0.29) is 6.04 Å². The Morgan fingerprint density at radius 1 is 1.65 bits per heavy atom. The van der Waals surface area contributed by atoms with Gasteiger partial charge in [0.05, 0.1) is 34.6 Å². The van der Waals surface area contributed by atoms with Crippen LogP contribution in [-0.2, 0) is 0 Å². The maximum atomic E-state index is 8.42. The van der Waals surface area contributed by atoms with E-state index >= 15 is 0 Å². The van der Waals surface area contributed by atoms with Crippen molar-refractivity contribution in [3.63, 3.8) is 0 Å². The van der Waals surface area contributed by atoms with Gasteiger partial charge in [0.15, 0.2) is 5.40 Å².